The predicted molar refractivity (Wildman–Crippen MR) is 65.1 cm³/mol. The van der Waals surface area contributed by atoms with Crippen LogP contribution in [0.15, 0.2) is 12.1 Å². The highest BCUT2D eigenvalue weighted by Crippen LogP contribution is 2.31. The molecule has 4 heteroatoms. The van der Waals surface area contributed by atoms with Crippen LogP contribution < -0.4 is 20.1 Å². The summed E-state index contributed by atoms with van der Waals surface area (Å²) in [5, 5.41) is 6.33. The van der Waals surface area contributed by atoms with Crippen molar-refractivity contribution in [2.45, 2.75) is 13.1 Å². The first-order valence-corrected chi connectivity index (χ1v) is 5.25. The molecule has 1 rings (SSSR count). The first kappa shape index (κ1) is 12.8. The normalized spacial score (nSPS) is 10.6. The summed E-state index contributed by atoms with van der Waals surface area (Å²) < 4.78 is 10.7. The fourth-order valence-corrected chi connectivity index (χ4v) is 1.75. The third-order valence-corrected chi connectivity index (χ3v) is 2.64. The lowest BCUT2D eigenvalue weighted by molar-refractivity contribution is 0.384. The van der Waals surface area contributed by atoms with Crippen LogP contribution in [0.25, 0.3) is 0 Å². The SMILES string of the molecule is CNC(NC)c1cc(OC)c(C)cc1OC. The number of nitrogens with one attached hydrogen (secondary N) is 2. The second-order valence-corrected chi connectivity index (χ2v) is 3.57. The molecule has 90 valence electrons. The van der Waals surface area contributed by atoms with E-state index in [2.05, 4.69) is 10.6 Å². The molecule has 0 amide bonds. The molecular weight excluding hydrogens is 204 g/mol. The topological polar surface area (TPSA) is 42.5 Å². The van der Waals surface area contributed by atoms with Gasteiger partial charge in [0.15, 0.2) is 0 Å². The van der Waals surface area contributed by atoms with E-state index in [1.807, 2.05) is 33.2 Å². The van der Waals surface area contributed by atoms with E-state index < -0.39 is 0 Å². The second-order valence-electron chi connectivity index (χ2n) is 3.57. The summed E-state index contributed by atoms with van der Waals surface area (Å²) >= 11 is 0. The molecule has 0 heterocycles. The van der Waals surface area contributed by atoms with E-state index in [1.54, 1.807) is 14.2 Å². The number of aryl methyl sites for hydroxylation is 1. The van der Waals surface area contributed by atoms with Crippen LogP contribution >= 0.6 is 0 Å². The lowest BCUT2D eigenvalue weighted by Crippen LogP contribution is -2.29. The molecule has 0 saturated heterocycles. The van der Waals surface area contributed by atoms with E-state index in [9.17, 15) is 0 Å². The third kappa shape index (κ3) is 2.46. The molecule has 0 aliphatic rings. The molecule has 4 nitrogen and oxygen atoms in total. The Kier molecular flexibility index (Phi) is 4.58. The van der Waals surface area contributed by atoms with E-state index in [0.717, 1.165) is 22.6 Å². The molecule has 0 aliphatic heterocycles. The lowest BCUT2D eigenvalue weighted by atomic mass is 10.1. The summed E-state index contributed by atoms with van der Waals surface area (Å²) in [6.07, 6.45) is 0.0458. The lowest BCUT2D eigenvalue weighted by Gasteiger charge is -2.20. The van der Waals surface area contributed by atoms with Gasteiger partial charge in [0.2, 0.25) is 0 Å². The van der Waals surface area contributed by atoms with Crippen molar-refractivity contribution in [1.82, 2.24) is 10.6 Å². The molecule has 1 aromatic rings. The average molecular weight is 224 g/mol. The Morgan fingerprint density at radius 3 is 2.00 bits per heavy atom. The minimum absolute atomic E-state index is 0.0458. The van der Waals surface area contributed by atoms with Gasteiger partial charge in [0.1, 0.15) is 11.5 Å². The molecule has 0 unspecified atom stereocenters. The van der Waals surface area contributed by atoms with E-state index >= 15 is 0 Å². The van der Waals surface area contributed by atoms with Crippen LogP contribution in [0.5, 0.6) is 11.5 Å². The minimum atomic E-state index is 0.0458. The predicted octanol–water partition coefficient (Wildman–Crippen LogP) is 1.45. The van der Waals surface area contributed by atoms with Gasteiger partial charge in [0, 0.05) is 5.56 Å². The molecule has 0 bridgehead atoms. The standard InChI is InChI=1S/C12H20N2O2/c1-8-6-11(16-5)9(7-10(8)15-4)12(13-2)14-3/h6-7,12-14H,1-5H3. The van der Waals surface area contributed by atoms with Crippen molar-refractivity contribution >= 4 is 0 Å². The maximum atomic E-state index is 5.37. The zero-order chi connectivity index (χ0) is 12.1. The summed E-state index contributed by atoms with van der Waals surface area (Å²) in [6.45, 7) is 2.00. The van der Waals surface area contributed by atoms with Gasteiger partial charge < -0.3 is 20.1 Å². The van der Waals surface area contributed by atoms with Crippen molar-refractivity contribution in [1.29, 1.82) is 0 Å². The van der Waals surface area contributed by atoms with Gasteiger partial charge in [0.25, 0.3) is 0 Å². The smallest absolute Gasteiger partial charge is 0.125 e. The van der Waals surface area contributed by atoms with Crippen molar-refractivity contribution in [3.05, 3.63) is 23.3 Å². The number of benzene rings is 1. The highest BCUT2D eigenvalue weighted by molar-refractivity contribution is 5.47. The molecule has 0 atom stereocenters. The zero-order valence-electron chi connectivity index (χ0n) is 10.5. The molecular formula is C12H20N2O2. The Bertz CT molecular complexity index is 349. The zero-order valence-corrected chi connectivity index (χ0v) is 10.5. The Morgan fingerprint density at radius 1 is 1.00 bits per heavy atom. The van der Waals surface area contributed by atoms with Gasteiger partial charge in [-0.15, -0.1) is 0 Å². The fourth-order valence-electron chi connectivity index (χ4n) is 1.75. The maximum Gasteiger partial charge on any atom is 0.125 e. The van der Waals surface area contributed by atoms with Crippen LogP contribution in [0.2, 0.25) is 0 Å². The summed E-state index contributed by atoms with van der Waals surface area (Å²) in [4.78, 5) is 0. The highest BCUT2D eigenvalue weighted by Gasteiger charge is 2.15. The Balaban J connectivity index is 3.23. The van der Waals surface area contributed by atoms with E-state index in [-0.39, 0.29) is 6.17 Å². The van der Waals surface area contributed by atoms with Crippen LogP contribution in [0.3, 0.4) is 0 Å². The number of rotatable bonds is 5. The van der Waals surface area contributed by atoms with Gasteiger partial charge >= 0.3 is 0 Å². The van der Waals surface area contributed by atoms with Crippen molar-refractivity contribution in [3.8, 4) is 11.5 Å². The molecule has 16 heavy (non-hydrogen) atoms. The number of methoxy groups -OCH3 is 2. The Hall–Kier alpha value is -1.26. The van der Waals surface area contributed by atoms with Crippen molar-refractivity contribution in [3.63, 3.8) is 0 Å². The van der Waals surface area contributed by atoms with Crippen LogP contribution in [-0.4, -0.2) is 28.3 Å². The van der Waals surface area contributed by atoms with Crippen LogP contribution in [0.1, 0.15) is 17.3 Å². The van der Waals surface area contributed by atoms with Crippen molar-refractivity contribution < 1.29 is 9.47 Å². The summed E-state index contributed by atoms with van der Waals surface area (Å²) in [7, 11) is 7.14. The van der Waals surface area contributed by atoms with Gasteiger partial charge in [-0.05, 0) is 38.7 Å². The average Bonchev–Trinajstić information content (AvgIpc) is 2.31. The molecule has 0 saturated carbocycles. The summed E-state index contributed by atoms with van der Waals surface area (Å²) in [6, 6.07) is 3.97. The van der Waals surface area contributed by atoms with Gasteiger partial charge in [0.05, 0.1) is 20.4 Å². The number of hydrogen-bond acceptors (Lipinski definition) is 4. The molecule has 0 aliphatic carbocycles. The first-order chi connectivity index (χ1) is 7.67. The molecule has 2 N–H and O–H groups in total. The van der Waals surface area contributed by atoms with Crippen LogP contribution in [-0.2, 0) is 0 Å². The minimum Gasteiger partial charge on any atom is -0.496 e. The molecule has 1 aromatic carbocycles. The van der Waals surface area contributed by atoms with Gasteiger partial charge in [-0.25, -0.2) is 0 Å². The van der Waals surface area contributed by atoms with Gasteiger partial charge in [-0.2, -0.15) is 0 Å². The first-order valence-electron chi connectivity index (χ1n) is 5.25. The van der Waals surface area contributed by atoms with Gasteiger partial charge in [-0.3, -0.25) is 0 Å². The molecule has 0 aromatic heterocycles. The maximum absolute atomic E-state index is 5.37. The molecule has 0 spiro atoms. The largest absolute Gasteiger partial charge is 0.496 e. The van der Waals surface area contributed by atoms with Crippen molar-refractivity contribution in [2.75, 3.05) is 28.3 Å². The quantitative estimate of drug-likeness (QED) is 0.743. The van der Waals surface area contributed by atoms with Crippen molar-refractivity contribution in [2.24, 2.45) is 0 Å². The monoisotopic (exact) mass is 224 g/mol. The van der Waals surface area contributed by atoms with E-state index in [4.69, 9.17) is 9.47 Å². The fraction of sp³-hybridized carbons (Fsp3) is 0.500. The Morgan fingerprint density at radius 2 is 1.56 bits per heavy atom. The number of ether oxygens (including phenoxy) is 2. The number of hydrogen-bond donors (Lipinski definition) is 2. The molecule has 0 fully saturated rings. The molecule has 0 radical (unpaired) electrons. The van der Waals surface area contributed by atoms with E-state index in [1.165, 1.54) is 0 Å². The van der Waals surface area contributed by atoms with E-state index in [0.29, 0.717) is 0 Å². The summed E-state index contributed by atoms with van der Waals surface area (Å²) in [5.74, 6) is 1.72. The Labute approximate surface area is 96.9 Å². The summed E-state index contributed by atoms with van der Waals surface area (Å²) in [5.41, 5.74) is 2.10. The van der Waals surface area contributed by atoms with Crippen LogP contribution in [0, 0.1) is 6.92 Å². The second kappa shape index (κ2) is 5.72. The third-order valence-electron chi connectivity index (χ3n) is 2.64. The highest BCUT2D eigenvalue weighted by atomic mass is 16.5. The van der Waals surface area contributed by atoms with Gasteiger partial charge in [-0.1, -0.05) is 0 Å². The van der Waals surface area contributed by atoms with Crippen LogP contribution in [0.4, 0.5) is 0 Å².